The van der Waals surface area contributed by atoms with E-state index in [0.29, 0.717) is 17.8 Å². The van der Waals surface area contributed by atoms with Crippen LogP contribution in [0.4, 0.5) is 18.9 Å². The number of nitro groups is 1. The number of fused-ring (bicyclic) bond motifs is 3. The number of allylic oxidation sites excluding steroid dienone is 3. The van der Waals surface area contributed by atoms with E-state index in [2.05, 4.69) is 4.99 Å². The van der Waals surface area contributed by atoms with E-state index < -0.39 is 16.7 Å². The maximum atomic E-state index is 12.7. The first-order chi connectivity index (χ1) is 9.38. The Morgan fingerprint density at radius 2 is 2.05 bits per heavy atom. The van der Waals surface area contributed by atoms with Crippen LogP contribution in [0.3, 0.4) is 0 Å². The second-order valence-electron chi connectivity index (χ2n) is 4.41. The minimum atomic E-state index is -4.49. The Kier molecular flexibility index (Phi) is 2.53. The summed E-state index contributed by atoms with van der Waals surface area (Å²) in [6.45, 7) is 0. The first-order valence-electron chi connectivity index (χ1n) is 5.72. The monoisotopic (exact) mass is 280 g/mol. The van der Waals surface area contributed by atoms with Crippen molar-refractivity contribution in [1.82, 2.24) is 0 Å². The van der Waals surface area contributed by atoms with Crippen molar-refractivity contribution in [3.63, 3.8) is 0 Å². The summed E-state index contributed by atoms with van der Waals surface area (Å²) in [6.07, 6.45) is -1.22. The summed E-state index contributed by atoms with van der Waals surface area (Å²) in [5.74, 6) is 0. The lowest BCUT2D eigenvalue weighted by Gasteiger charge is -2.10. The van der Waals surface area contributed by atoms with Crippen LogP contribution in [-0.2, 0) is 6.18 Å². The van der Waals surface area contributed by atoms with Crippen molar-refractivity contribution in [2.75, 3.05) is 0 Å². The van der Waals surface area contributed by atoms with Gasteiger partial charge in [0.05, 0.1) is 27.5 Å². The van der Waals surface area contributed by atoms with Gasteiger partial charge in [-0.2, -0.15) is 13.2 Å². The van der Waals surface area contributed by atoms with Gasteiger partial charge in [0.25, 0.3) is 5.70 Å². The van der Waals surface area contributed by atoms with Gasteiger partial charge in [-0.25, -0.2) is 0 Å². The molecule has 1 aromatic carbocycles. The van der Waals surface area contributed by atoms with Gasteiger partial charge in [0.1, 0.15) is 0 Å². The van der Waals surface area contributed by atoms with Crippen LogP contribution < -0.4 is 0 Å². The van der Waals surface area contributed by atoms with Gasteiger partial charge in [-0.15, -0.1) is 0 Å². The number of hydrogen-bond acceptors (Lipinski definition) is 3. The van der Waals surface area contributed by atoms with Crippen molar-refractivity contribution in [2.24, 2.45) is 4.99 Å². The Morgan fingerprint density at radius 3 is 2.70 bits per heavy atom. The summed E-state index contributed by atoms with van der Waals surface area (Å²) in [7, 11) is 0. The number of alkyl halides is 3. The van der Waals surface area contributed by atoms with Gasteiger partial charge in [0, 0.05) is 18.1 Å². The molecule has 102 valence electrons. The van der Waals surface area contributed by atoms with Crippen molar-refractivity contribution in [2.45, 2.75) is 12.6 Å². The van der Waals surface area contributed by atoms with Crippen molar-refractivity contribution in [1.29, 1.82) is 0 Å². The second-order valence-corrected chi connectivity index (χ2v) is 4.41. The molecule has 0 aromatic heterocycles. The molecule has 0 fully saturated rings. The lowest BCUT2D eigenvalue weighted by molar-refractivity contribution is -0.417. The van der Waals surface area contributed by atoms with Crippen LogP contribution in [0.15, 0.2) is 41.0 Å². The predicted octanol–water partition coefficient (Wildman–Crippen LogP) is 3.74. The molecule has 1 aliphatic carbocycles. The molecular formula is C13H7F3N2O2. The highest BCUT2D eigenvalue weighted by atomic mass is 19.4. The standard InChI is InChI=1S/C13H7F3N2O2/c14-13(15,16)7-4-5-9-8(6-7)12-10(17-9)2-1-3-11(12)18(19)20/h1,3-6H,2H2. The van der Waals surface area contributed by atoms with Crippen molar-refractivity contribution >= 4 is 17.0 Å². The predicted molar refractivity (Wildman–Crippen MR) is 66.2 cm³/mol. The molecule has 20 heavy (non-hydrogen) atoms. The van der Waals surface area contributed by atoms with E-state index in [1.54, 1.807) is 6.08 Å². The van der Waals surface area contributed by atoms with E-state index >= 15 is 0 Å². The topological polar surface area (TPSA) is 55.5 Å². The number of halogens is 3. The van der Waals surface area contributed by atoms with Crippen molar-refractivity contribution in [3.8, 4) is 0 Å². The Morgan fingerprint density at radius 1 is 1.30 bits per heavy atom. The third-order valence-corrected chi connectivity index (χ3v) is 3.18. The van der Waals surface area contributed by atoms with Crippen LogP contribution in [0.25, 0.3) is 5.57 Å². The highest BCUT2D eigenvalue weighted by Gasteiger charge is 2.35. The number of rotatable bonds is 1. The molecule has 7 heteroatoms. The summed E-state index contributed by atoms with van der Waals surface area (Å²) in [6, 6.07) is 3.10. The molecule has 0 N–H and O–H groups in total. The highest BCUT2D eigenvalue weighted by molar-refractivity contribution is 6.30. The molecule has 0 saturated heterocycles. The third-order valence-electron chi connectivity index (χ3n) is 3.18. The van der Waals surface area contributed by atoms with E-state index in [1.165, 1.54) is 12.1 Å². The average molecular weight is 280 g/mol. The normalized spacial score (nSPS) is 16.9. The summed E-state index contributed by atoms with van der Waals surface area (Å²) in [5, 5.41) is 11.0. The molecule has 0 bridgehead atoms. The Hall–Kier alpha value is -2.44. The van der Waals surface area contributed by atoms with Gasteiger partial charge < -0.3 is 0 Å². The van der Waals surface area contributed by atoms with Crippen LogP contribution in [0.2, 0.25) is 0 Å². The van der Waals surface area contributed by atoms with Crippen LogP contribution in [0, 0.1) is 10.1 Å². The Labute approximate surface area is 111 Å². The first-order valence-corrected chi connectivity index (χ1v) is 5.72. The van der Waals surface area contributed by atoms with Gasteiger partial charge in [0.2, 0.25) is 0 Å². The van der Waals surface area contributed by atoms with Gasteiger partial charge in [-0.1, -0.05) is 6.08 Å². The fraction of sp³-hybridized carbons (Fsp3) is 0.154. The SMILES string of the molecule is O=[N+]([O-])C1=C2C(=Nc3ccc(C(F)(F)F)cc32)CC=C1. The average Bonchev–Trinajstić information content (AvgIpc) is 2.74. The summed E-state index contributed by atoms with van der Waals surface area (Å²) >= 11 is 0. The smallest absolute Gasteiger partial charge is 0.258 e. The molecule has 4 nitrogen and oxygen atoms in total. The molecular weight excluding hydrogens is 273 g/mol. The van der Waals surface area contributed by atoms with Crippen LogP contribution in [0.1, 0.15) is 17.5 Å². The Bertz CT molecular complexity index is 715. The molecule has 1 aromatic rings. The highest BCUT2D eigenvalue weighted by Crippen LogP contribution is 2.42. The van der Waals surface area contributed by atoms with E-state index in [9.17, 15) is 23.3 Å². The van der Waals surface area contributed by atoms with E-state index in [1.807, 2.05) is 0 Å². The summed E-state index contributed by atoms with van der Waals surface area (Å²) in [4.78, 5) is 14.6. The summed E-state index contributed by atoms with van der Waals surface area (Å²) < 4.78 is 38.2. The van der Waals surface area contributed by atoms with Crippen LogP contribution in [-0.4, -0.2) is 10.6 Å². The number of benzene rings is 1. The Balaban J connectivity index is 2.23. The molecule has 2 aliphatic rings. The molecule has 0 unspecified atom stereocenters. The van der Waals surface area contributed by atoms with Gasteiger partial charge >= 0.3 is 6.18 Å². The summed E-state index contributed by atoms with van der Waals surface area (Å²) in [5.41, 5.74) is 0.0922. The zero-order valence-electron chi connectivity index (χ0n) is 9.94. The number of hydrogen-bond donors (Lipinski definition) is 0. The lowest BCUT2D eigenvalue weighted by atomic mass is 9.94. The van der Waals surface area contributed by atoms with E-state index in [-0.39, 0.29) is 16.8 Å². The fourth-order valence-corrected chi connectivity index (χ4v) is 2.32. The fourth-order valence-electron chi connectivity index (χ4n) is 2.32. The molecule has 0 spiro atoms. The zero-order valence-corrected chi connectivity index (χ0v) is 9.94. The second kappa shape index (κ2) is 4.03. The van der Waals surface area contributed by atoms with Crippen molar-refractivity contribution in [3.05, 3.63) is 57.3 Å². The van der Waals surface area contributed by atoms with E-state index in [0.717, 1.165) is 12.1 Å². The van der Waals surface area contributed by atoms with Crippen molar-refractivity contribution < 1.29 is 18.1 Å². The maximum absolute atomic E-state index is 12.7. The molecule has 1 aliphatic heterocycles. The zero-order chi connectivity index (χ0) is 14.5. The third kappa shape index (κ3) is 1.82. The number of aliphatic imine (C=N–C) groups is 1. The van der Waals surface area contributed by atoms with Crippen LogP contribution in [0.5, 0.6) is 0 Å². The maximum Gasteiger partial charge on any atom is 0.416 e. The minimum Gasteiger partial charge on any atom is -0.258 e. The number of nitrogens with zero attached hydrogens (tertiary/aromatic N) is 2. The molecule has 1 heterocycles. The molecule has 0 amide bonds. The van der Waals surface area contributed by atoms with Gasteiger partial charge in [-0.3, -0.25) is 15.1 Å². The molecule has 0 saturated carbocycles. The first kappa shape index (κ1) is 12.6. The van der Waals surface area contributed by atoms with Gasteiger partial charge in [-0.05, 0) is 18.2 Å². The van der Waals surface area contributed by atoms with Gasteiger partial charge in [0.15, 0.2) is 0 Å². The minimum absolute atomic E-state index is 0.172. The molecule has 0 atom stereocenters. The largest absolute Gasteiger partial charge is 0.416 e. The lowest BCUT2D eigenvalue weighted by Crippen LogP contribution is -2.10. The van der Waals surface area contributed by atoms with Crippen LogP contribution >= 0.6 is 0 Å². The molecule has 3 rings (SSSR count). The van der Waals surface area contributed by atoms with E-state index in [4.69, 9.17) is 0 Å². The quantitative estimate of drug-likeness (QED) is 0.581. The molecule has 0 radical (unpaired) electrons.